The second kappa shape index (κ2) is 5.59. The van der Waals surface area contributed by atoms with E-state index in [1.165, 1.54) is 0 Å². The third kappa shape index (κ3) is 2.80. The fourth-order valence-electron chi connectivity index (χ4n) is 2.35. The first-order valence-corrected chi connectivity index (χ1v) is 7.14. The lowest BCUT2D eigenvalue weighted by molar-refractivity contribution is -0.117. The average Bonchev–Trinajstić information content (AvgIpc) is 2.80. The first-order chi connectivity index (χ1) is 9.72. The van der Waals surface area contributed by atoms with Gasteiger partial charge in [-0.2, -0.15) is 12.6 Å². The van der Waals surface area contributed by atoms with Crippen molar-refractivity contribution in [1.82, 2.24) is 0 Å². The zero-order valence-electron chi connectivity index (χ0n) is 11.0. The fourth-order valence-corrected chi connectivity index (χ4v) is 2.67. The number of carbonyl (C=O) groups excluding carboxylic acids is 1. The topological polar surface area (TPSA) is 32.3 Å². The number of anilines is 3. The Balaban J connectivity index is 1.73. The number of benzene rings is 2. The molecule has 1 N–H and O–H groups in total. The number of rotatable bonds is 3. The number of nitrogens with zero attached hydrogens (tertiary/aromatic N) is 1. The zero-order valence-corrected chi connectivity index (χ0v) is 11.9. The van der Waals surface area contributed by atoms with Gasteiger partial charge in [-0.1, -0.05) is 18.2 Å². The molecule has 1 fully saturated rings. The molecule has 3 rings (SSSR count). The van der Waals surface area contributed by atoms with E-state index in [-0.39, 0.29) is 11.2 Å². The van der Waals surface area contributed by atoms with Crippen molar-refractivity contribution >= 4 is 35.6 Å². The average molecular weight is 284 g/mol. The number of hydrogen-bond acceptors (Lipinski definition) is 3. The summed E-state index contributed by atoms with van der Waals surface area (Å²) in [4.78, 5) is 13.6. The van der Waals surface area contributed by atoms with Crippen molar-refractivity contribution in [3.63, 3.8) is 0 Å². The van der Waals surface area contributed by atoms with E-state index in [1.807, 2.05) is 54.6 Å². The Morgan fingerprint density at radius 1 is 1.00 bits per heavy atom. The molecule has 0 spiro atoms. The predicted octanol–water partition coefficient (Wildman–Crippen LogP) is 3.47. The molecule has 1 saturated heterocycles. The Morgan fingerprint density at radius 2 is 1.65 bits per heavy atom. The first-order valence-electron chi connectivity index (χ1n) is 6.63. The minimum absolute atomic E-state index is 0.143. The van der Waals surface area contributed by atoms with Gasteiger partial charge in [0.2, 0.25) is 5.91 Å². The van der Waals surface area contributed by atoms with E-state index in [2.05, 4.69) is 17.9 Å². The van der Waals surface area contributed by atoms with Gasteiger partial charge in [0.1, 0.15) is 0 Å². The lowest BCUT2D eigenvalue weighted by Crippen LogP contribution is -2.24. The van der Waals surface area contributed by atoms with Gasteiger partial charge in [0, 0.05) is 35.3 Å². The van der Waals surface area contributed by atoms with Crippen LogP contribution in [0, 0.1) is 0 Å². The molecule has 0 bridgehead atoms. The summed E-state index contributed by atoms with van der Waals surface area (Å²) in [5.74, 6) is 0.147. The molecule has 3 nitrogen and oxygen atoms in total. The number of hydrogen-bond donors (Lipinski definition) is 2. The highest BCUT2D eigenvalue weighted by atomic mass is 32.1. The number of amides is 1. The highest BCUT2D eigenvalue weighted by molar-refractivity contribution is 7.81. The van der Waals surface area contributed by atoms with Crippen molar-refractivity contribution in [2.75, 3.05) is 16.8 Å². The molecule has 102 valence electrons. The SMILES string of the molecule is O=C1CC(S)CN1c1ccc(Nc2ccccc2)cc1. The number of nitrogens with one attached hydrogen (secondary N) is 1. The summed E-state index contributed by atoms with van der Waals surface area (Å²) in [7, 11) is 0. The second-order valence-electron chi connectivity index (χ2n) is 4.90. The van der Waals surface area contributed by atoms with Crippen molar-refractivity contribution in [3.8, 4) is 0 Å². The number of para-hydroxylation sites is 1. The largest absolute Gasteiger partial charge is 0.356 e. The Labute approximate surface area is 124 Å². The van der Waals surface area contributed by atoms with E-state index >= 15 is 0 Å². The van der Waals surface area contributed by atoms with Crippen LogP contribution in [-0.4, -0.2) is 17.7 Å². The van der Waals surface area contributed by atoms with Crippen molar-refractivity contribution in [3.05, 3.63) is 54.6 Å². The van der Waals surface area contributed by atoms with Crippen LogP contribution in [0.4, 0.5) is 17.1 Å². The van der Waals surface area contributed by atoms with E-state index in [0.717, 1.165) is 17.1 Å². The molecule has 2 aromatic carbocycles. The standard InChI is InChI=1S/C16H16N2OS/c19-16-10-15(20)11-18(16)14-8-6-13(7-9-14)17-12-4-2-1-3-5-12/h1-9,15,17,20H,10-11H2. The van der Waals surface area contributed by atoms with E-state index < -0.39 is 0 Å². The smallest absolute Gasteiger partial charge is 0.228 e. The van der Waals surface area contributed by atoms with Crippen molar-refractivity contribution in [1.29, 1.82) is 0 Å². The summed E-state index contributed by atoms with van der Waals surface area (Å²) in [6.07, 6.45) is 0.521. The highest BCUT2D eigenvalue weighted by Gasteiger charge is 2.27. The normalized spacial score (nSPS) is 18.4. The summed E-state index contributed by atoms with van der Waals surface area (Å²) in [6.45, 7) is 0.688. The van der Waals surface area contributed by atoms with Gasteiger partial charge in [-0.25, -0.2) is 0 Å². The molecular formula is C16H16N2OS. The van der Waals surface area contributed by atoms with Gasteiger partial charge >= 0.3 is 0 Å². The van der Waals surface area contributed by atoms with Gasteiger partial charge < -0.3 is 10.2 Å². The van der Waals surface area contributed by atoms with Crippen LogP contribution in [0.15, 0.2) is 54.6 Å². The van der Waals surface area contributed by atoms with Gasteiger partial charge in [0.05, 0.1) is 0 Å². The Kier molecular flexibility index (Phi) is 3.65. The van der Waals surface area contributed by atoms with E-state index in [9.17, 15) is 4.79 Å². The minimum atomic E-state index is 0.143. The quantitative estimate of drug-likeness (QED) is 0.846. The molecule has 1 atom stereocenters. The maximum Gasteiger partial charge on any atom is 0.228 e. The summed E-state index contributed by atoms with van der Waals surface area (Å²) < 4.78 is 0. The van der Waals surface area contributed by atoms with Crippen LogP contribution in [-0.2, 0) is 4.79 Å². The number of thiol groups is 1. The van der Waals surface area contributed by atoms with Crippen LogP contribution in [0.3, 0.4) is 0 Å². The fraction of sp³-hybridized carbons (Fsp3) is 0.188. The van der Waals surface area contributed by atoms with Gasteiger partial charge in [-0.3, -0.25) is 4.79 Å². The molecule has 0 aliphatic carbocycles. The Morgan fingerprint density at radius 3 is 2.25 bits per heavy atom. The Bertz CT molecular complexity index is 598. The van der Waals surface area contributed by atoms with Crippen LogP contribution in [0.1, 0.15) is 6.42 Å². The molecule has 1 amide bonds. The van der Waals surface area contributed by atoms with Crippen molar-refractivity contribution in [2.45, 2.75) is 11.7 Å². The van der Waals surface area contributed by atoms with Crippen LogP contribution in [0.2, 0.25) is 0 Å². The second-order valence-corrected chi connectivity index (χ2v) is 5.63. The van der Waals surface area contributed by atoms with Crippen molar-refractivity contribution in [2.24, 2.45) is 0 Å². The molecule has 1 aliphatic rings. The minimum Gasteiger partial charge on any atom is -0.356 e. The molecular weight excluding hydrogens is 268 g/mol. The third-order valence-electron chi connectivity index (χ3n) is 3.35. The summed E-state index contributed by atoms with van der Waals surface area (Å²) in [5.41, 5.74) is 2.99. The molecule has 0 saturated carbocycles. The lowest BCUT2D eigenvalue weighted by Gasteiger charge is -2.16. The summed E-state index contributed by atoms with van der Waals surface area (Å²) in [6, 6.07) is 17.9. The van der Waals surface area contributed by atoms with Crippen LogP contribution < -0.4 is 10.2 Å². The van der Waals surface area contributed by atoms with Gasteiger partial charge in [0.15, 0.2) is 0 Å². The summed E-state index contributed by atoms with van der Waals surface area (Å²) in [5, 5.41) is 3.47. The molecule has 2 aromatic rings. The van der Waals surface area contributed by atoms with Crippen LogP contribution in [0.25, 0.3) is 0 Å². The van der Waals surface area contributed by atoms with Gasteiger partial charge in [0.25, 0.3) is 0 Å². The maximum absolute atomic E-state index is 11.8. The van der Waals surface area contributed by atoms with E-state index in [4.69, 9.17) is 0 Å². The van der Waals surface area contributed by atoms with E-state index in [0.29, 0.717) is 13.0 Å². The molecule has 4 heteroatoms. The summed E-state index contributed by atoms with van der Waals surface area (Å²) >= 11 is 4.37. The lowest BCUT2D eigenvalue weighted by atomic mass is 10.2. The molecule has 1 aliphatic heterocycles. The molecule has 1 unspecified atom stereocenters. The van der Waals surface area contributed by atoms with Crippen LogP contribution >= 0.6 is 12.6 Å². The van der Waals surface area contributed by atoms with E-state index in [1.54, 1.807) is 4.90 Å². The highest BCUT2D eigenvalue weighted by Crippen LogP contribution is 2.26. The third-order valence-corrected chi connectivity index (χ3v) is 3.69. The number of carbonyl (C=O) groups is 1. The maximum atomic E-state index is 11.8. The zero-order chi connectivity index (χ0) is 13.9. The molecule has 0 aromatic heterocycles. The first kappa shape index (κ1) is 13.1. The molecule has 1 heterocycles. The van der Waals surface area contributed by atoms with Crippen LogP contribution in [0.5, 0.6) is 0 Å². The molecule has 20 heavy (non-hydrogen) atoms. The predicted molar refractivity (Wildman–Crippen MR) is 85.9 cm³/mol. The monoisotopic (exact) mass is 284 g/mol. The van der Waals surface area contributed by atoms with Gasteiger partial charge in [-0.05, 0) is 36.4 Å². The van der Waals surface area contributed by atoms with Crippen molar-refractivity contribution < 1.29 is 4.79 Å². The molecule has 0 radical (unpaired) electrons. The Hall–Kier alpha value is -1.94. The van der Waals surface area contributed by atoms with Gasteiger partial charge in [-0.15, -0.1) is 0 Å².